The molecule has 0 bridgehead atoms. The minimum Gasteiger partial charge on any atom is -0.490 e. The molecule has 0 fully saturated rings. The number of nitrogens with zero attached hydrogens (tertiary/aromatic N) is 1. The minimum atomic E-state index is -0.389. The molecule has 0 aromatic heterocycles. The molecule has 0 spiro atoms. The molecule has 0 radical (unpaired) electrons. The Kier molecular flexibility index (Phi) is 4.98. The Labute approximate surface area is 154 Å². The van der Waals surface area contributed by atoms with Crippen molar-refractivity contribution in [3.63, 3.8) is 0 Å². The molecule has 0 saturated carbocycles. The topological polar surface area (TPSA) is 58.6 Å². The molecule has 0 saturated heterocycles. The number of fused-ring (bicyclic) bond motifs is 1. The van der Waals surface area contributed by atoms with Crippen molar-refractivity contribution in [2.24, 2.45) is 0 Å². The Bertz CT molecular complexity index is 860. The van der Waals surface area contributed by atoms with Crippen molar-refractivity contribution in [3.05, 3.63) is 53.1 Å². The summed E-state index contributed by atoms with van der Waals surface area (Å²) in [5.74, 6) is 0.609. The largest absolute Gasteiger partial charge is 0.490 e. The molecule has 3 rings (SSSR count). The highest BCUT2D eigenvalue weighted by atomic mass is 16.5. The number of hydrogen-bond donors (Lipinski definition) is 1. The standard InChI is InChI=1S/C21H24N2O3/c1-13-6-5-7-18(14(13)2)22-21(25)15(3)23-10-11-26-20-9-8-17(16(4)24)12-19(20)23/h5-9,12,15H,10-11H2,1-4H3,(H,22,25). The SMILES string of the molecule is CC(=O)c1ccc2c(c1)N(C(C)C(=O)Nc1cccc(C)c1C)CCO2. The summed E-state index contributed by atoms with van der Waals surface area (Å²) in [6, 6.07) is 10.8. The molecular formula is C21H24N2O3. The van der Waals surface area contributed by atoms with Crippen LogP contribution in [0.15, 0.2) is 36.4 Å². The molecule has 1 atom stereocenters. The number of carbonyl (C=O) groups excluding carboxylic acids is 2. The zero-order valence-corrected chi connectivity index (χ0v) is 15.6. The second-order valence-corrected chi connectivity index (χ2v) is 6.69. The highest BCUT2D eigenvalue weighted by Crippen LogP contribution is 2.34. The molecule has 1 aliphatic heterocycles. The number of Topliss-reactive ketones (excluding diaryl/α,β-unsaturated/α-hetero) is 1. The first-order valence-corrected chi connectivity index (χ1v) is 8.80. The Hall–Kier alpha value is -2.82. The Morgan fingerprint density at radius 2 is 1.96 bits per heavy atom. The van der Waals surface area contributed by atoms with Gasteiger partial charge in [-0.25, -0.2) is 0 Å². The third kappa shape index (κ3) is 3.43. The van der Waals surface area contributed by atoms with Crippen molar-refractivity contribution in [1.82, 2.24) is 0 Å². The molecule has 2 aromatic rings. The van der Waals surface area contributed by atoms with Crippen molar-refractivity contribution in [2.45, 2.75) is 33.7 Å². The van der Waals surface area contributed by atoms with Crippen molar-refractivity contribution < 1.29 is 14.3 Å². The van der Waals surface area contributed by atoms with Crippen molar-refractivity contribution >= 4 is 23.1 Å². The summed E-state index contributed by atoms with van der Waals surface area (Å²) < 4.78 is 5.69. The van der Waals surface area contributed by atoms with Gasteiger partial charge in [0.15, 0.2) is 5.78 Å². The maximum Gasteiger partial charge on any atom is 0.246 e. The molecule has 1 N–H and O–H groups in total. The molecular weight excluding hydrogens is 328 g/mol. The summed E-state index contributed by atoms with van der Waals surface area (Å²) in [6.07, 6.45) is 0. The fourth-order valence-electron chi connectivity index (χ4n) is 3.12. The van der Waals surface area contributed by atoms with Crippen LogP contribution in [0.2, 0.25) is 0 Å². The van der Waals surface area contributed by atoms with E-state index in [0.717, 1.165) is 22.5 Å². The number of benzene rings is 2. The van der Waals surface area contributed by atoms with Gasteiger partial charge < -0.3 is 15.0 Å². The summed E-state index contributed by atoms with van der Waals surface area (Å²) in [7, 11) is 0. The van der Waals surface area contributed by atoms with E-state index in [-0.39, 0.29) is 17.7 Å². The first-order chi connectivity index (χ1) is 12.4. The molecule has 5 nitrogen and oxygen atoms in total. The quantitative estimate of drug-likeness (QED) is 0.852. The first-order valence-electron chi connectivity index (χ1n) is 8.80. The van der Waals surface area contributed by atoms with E-state index in [1.54, 1.807) is 18.2 Å². The Morgan fingerprint density at radius 1 is 1.19 bits per heavy atom. The molecule has 1 aliphatic rings. The van der Waals surface area contributed by atoms with Gasteiger partial charge in [0.05, 0.1) is 12.2 Å². The van der Waals surface area contributed by atoms with Crippen LogP contribution in [0.25, 0.3) is 0 Å². The average molecular weight is 352 g/mol. The normalized spacial score (nSPS) is 14.2. The smallest absolute Gasteiger partial charge is 0.246 e. The van der Waals surface area contributed by atoms with Gasteiger partial charge in [0.2, 0.25) is 5.91 Å². The molecule has 136 valence electrons. The third-order valence-electron chi connectivity index (χ3n) is 4.97. The van der Waals surface area contributed by atoms with Gasteiger partial charge in [-0.3, -0.25) is 9.59 Å². The van der Waals surface area contributed by atoms with Crippen LogP contribution in [-0.4, -0.2) is 30.9 Å². The van der Waals surface area contributed by atoms with Gasteiger partial charge in [0, 0.05) is 11.3 Å². The van der Waals surface area contributed by atoms with E-state index in [9.17, 15) is 9.59 Å². The molecule has 26 heavy (non-hydrogen) atoms. The number of aryl methyl sites for hydroxylation is 1. The number of ketones is 1. The fourth-order valence-corrected chi connectivity index (χ4v) is 3.12. The summed E-state index contributed by atoms with van der Waals surface area (Å²) >= 11 is 0. The number of hydrogen-bond acceptors (Lipinski definition) is 4. The van der Waals surface area contributed by atoms with Gasteiger partial charge >= 0.3 is 0 Å². The molecule has 0 aliphatic carbocycles. The average Bonchev–Trinajstić information content (AvgIpc) is 2.63. The van der Waals surface area contributed by atoms with Gasteiger partial charge in [0.1, 0.15) is 18.4 Å². The Balaban J connectivity index is 1.85. The van der Waals surface area contributed by atoms with E-state index in [0.29, 0.717) is 24.5 Å². The third-order valence-corrected chi connectivity index (χ3v) is 4.97. The van der Waals surface area contributed by atoms with Gasteiger partial charge in [-0.05, 0) is 63.1 Å². The number of anilines is 2. The predicted octanol–water partition coefficient (Wildman–Crippen LogP) is 3.73. The number of carbonyl (C=O) groups is 2. The lowest BCUT2D eigenvalue weighted by molar-refractivity contribution is -0.117. The van der Waals surface area contributed by atoms with Crippen LogP contribution in [-0.2, 0) is 4.79 Å². The zero-order chi connectivity index (χ0) is 18.8. The molecule has 5 heteroatoms. The maximum absolute atomic E-state index is 12.8. The lowest BCUT2D eigenvalue weighted by Crippen LogP contribution is -2.46. The summed E-state index contributed by atoms with van der Waals surface area (Å²) in [4.78, 5) is 26.5. The van der Waals surface area contributed by atoms with Gasteiger partial charge in [-0.15, -0.1) is 0 Å². The van der Waals surface area contributed by atoms with Crippen LogP contribution in [0.1, 0.15) is 35.3 Å². The summed E-state index contributed by atoms with van der Waals surface area (Å²) in [5.41, 5.74) is 4.43. The van der Waals surface area contributed by atoms with E-state index in [1.165, 1.54) is 6.92 Å². The zero-order valence-electron chi connectivity index (χ0n) is 15.6. The number of rotatable bonds is 4. The van der Waals surface area contributed by atoms with Crippen molar-refractivity contribution in [1.29, 1.82) is 0 Å². The highest BCUT2D eigenvalue weighted by Gasteiger charge is 2.28. The van der Waals surface area contributed by atoms with E-state index in [1.807, 2.05) is 43.9 Å². The number of nitrogens with one attached hydrogen (secondary N) is 1. The second kappa shape index (κ2) is 7.20. The Morgan fingerprint density at radius 3 is 2.69 bits per heavy atom. The van der Waals surface area contributed by atoms with Crippen LogP contribution in [0, 0.1) is 13.8 Å². The summed E-state index contributed by atoms with van der Waals surface area (Å²) in [5, 5.41) is 3.03. The van der Waals surface area contributed by atoms with E-state index in [2.05, 4.69) is 5.32 Å². The highest BCUT2D eigenvalue weighted by molar-refractivity contribution is 5.99. The van der Waals surface area contributed by atoms with Crippen LogP contribution in [0.3, 0.4) is 0 Å². The van der Waals surface area contributed by atoms with E-state index >= 15 is 0 Å². The van der Waals surface area contributed by atoms with Gasteiger partial charge in [-0.2, -0.15) is 0 Å². The molecule has 1 amide bonds. The minimum absolute atomic E-state index is 0.00851. The van der Waals surface area contributed by atoms with E-state index < -0.39 is 0 Å². The lowest BCUT2D eigenvalue weighted by Gasteiger charge is -2.35. The van der Waals surface area contributed by atoms with Crippen molar-refractivity contribution in [2.75, 3.05) is 23.4 Å². The second-order valence-electron chi connectivity index (χ2n) is 6.69. The van der Waals surface area contributed by atoms with Crippen LogP contribution in [0.5, 0.6) is 5.75 Å². The fraction of sp³-hybridized carbons (Fsp3) is 0.333. The molecule has 1 heterocycles. The van der Waals surface area contributed by atoms with Gasteiger partial charge in [-0.1, -0.05) is 12.1 Å². The van der Waals surface area contributed by atoms with Gasteiger partial charge in [0.25, 0.3) is 0 Å². The summed E-state index contributed by atoms with van der Waals surface area (Å²) in [6.45, 7) is 8.53. The van der Waals surface area contributed by atoms with Crippen molar-refractivity contribution in [3.8, 4) is 5.75 Å². The van der Waals surface area contributed by atoms with Crippen LogP contribution < -0.4 is 15.0 Å². The molecule has 1 unspecified atom stereocenters. The van der Waals surface area contributed by atoms with Crippen LogP contribution >= 0.6 is 0 Å². The monoisotopic (exact) mass is 352 g/mol. The molecule has 2 aromatic carbocycles. The van der Waals surface area contributed by atoms with E-state index in [4.69, 9.17) is 4.74 Å². The predicted molar refractivity (Wildman–Crippen MR) is 103 cm³/mol. The lowest BCUT2D eigenvalue weighted by atomic mass is 10.1. The number of amides is 1. The van der Waals surface area contributed by atoms with Crippen LogP contribution in [0.4, 0.5) is 11.4 Å². The number of ether oxygens (including phenoxy) is 1. The first kappa shape index (κ1) is 18.0. The maximum atomic E-state index is 12.8.